The molecular weight excluding hydrogens is 1940 g/mol. The van der Waals surface area contributed by atoms with Crippen LogP contribution in [0.1, 0.15) is 321 Å². The van der Waals surface area contributed by atoms with Crippen molar-refractivity contribution in [3.63, 3.8) is 0 Å². The second-order valence-corrected chi connectivity index (χ2v) is 56.4. The van der Waals surface area contributed by atoms with Gasteiger partial charge in [0.25, 0.3) is 0 Å². The normalized spacial score (nSPS) is 16.6. The summed E-state index contributed by atoms with van der Waals surface area (Å²) in [4.78, 5) is 120. The van der Waals surface area contributed by atoms with Crippen LogP contribution in [-0.2, 0) is 69.1 Å². The molecule has 11 rings (SSSR count). The van der Waals surface area contributed by atoms with E-state index in [1.165, 1.54) is 31.7 Å². The molecule has 790 valence electrons. The summed E-state index contributed by atoms with van der Waals surface area (Å²) in [5, 5.41) is 8.83. The van der Waals surface area contributed by atoms with Gasteiger partial charge < -0.3 is 76.3 Å². The number of fused-ring (bicyclic) bond motifs is 2. The van der Waals surface area contributed by atoms with E-state index >= 15 is 0 Å². The van der Waals surface area contributed by atoms with Crippen LogP contribution in [0.5, 0.6) is 28.7 Å². The zero-order valence-electron chi connectivity index (χ0n) is 90.7. The quantitative estimate of drug-likeness (QED) is 0.00906. The number of methoxy groups -OCH3 is 1. The van der Waals surface area contributed by atoms with Crippen LogP contribution in [-0.4, -0.2) is 170 Å². The minimum atomic E-state index is -4.45. The first kappa shape index (κ1) is 124. The third-order valence-electron chi connectivity index (χ3n) is 21.9. The van der Waals surface area contributed by atoms with E-state index < -0.39 is 61.1 Å². The van der Waals surface area contributed by atoms with Gasteiger partial charge in [-0.3, -0.25) is 38.4 Å². The molecule has 2 fully saturated rings. The summed E-state index contributed by atoms with van der Waals surface area (Å²) in [6.45, 7) is 63.0. The number of carbonyl (C=O) groups excluding carboxylic acids is 9. The molecule has 2 atom stereocenters. The van der Waals surface area contributed by atoms with Crippen LogP contribution in [0.15, 0.2) is 244 Å². The minimum absolute atomic E-state index is 0.0139. The molecule has 9 aromatic carbocycles. The van der Waals surface area contributed by atoms with Crippen molar-refractivity contribution in [3.05, 3.63) is 316 Å². The molecular formula is C115H154O26Si5. The number of carbonyl (C=O) groups is 9. The van der Waals surface area contributed by atoms with Crippen molar-refractivity contribution in [1.82, 2.24) is 0 Å². The molecule has 2 aliphatic rings. The Labute approximate surface area is 870 Å². The number of hydrogen-bond acceptors (Lipinski definition) is 26. The Bertz CT molecular complexity index is 5700. The Morgan fingerprint density at radius 1 is 0.349 bits per heavy atom. The Kier molecular flexibility index (Phi) is 46.3. The first-order valence-corrected chi connectivity index (χ1v) is 59.1. The Morgan fingerprint density at radius 3 is 0.856 bits per heavy atom. The van der Waals surface area contributed by atoms with Crippen molar-refractivity contribution in [2.24, 2.45) is 0 Å². The molecule has 2 unspecified atom stereocenters. The van der Waals surface area contributed by atoms with Crippen LogP contribution < -0.4 is 18.9 Å². The first-order valence-electron chi connectivity index (χ1n) is 49.1. The molecule has 0 aliphatic carbocycles. The van der Waals surface area contributed by atoms with E-state index in [9.17, 15) is 47.9 Å². The lowest BCUT2D eigenvalue weighted by molar-refractivity contribution is -0.142. The topological polar surface area (TPSA) is 333 Å². The van der Waals surface area contributed by atoms with Gasteiger partial charge in [0.05, 0.1) is 62.0 Å². The van der Waals surface area contributed by atoms with Gasteiger partial charge in [0.1, 0.15) is 42.0 Å². The number of aromatic hydroxyl groups is 1. The highest BCUT2D eigenvalue weighted by Crippen LogP contribution is 2.46. The van der Waals surface area contributed by atoms with Crippen molar-refractivity contribution in [3.8, 4) is 28.7 Å². The van der Waals surface area contributed by atoms with Gasteiger partial charge in [-0.2, -0.15) is 0 Å². The summed E-state index contributed by atoms with van der Waals surface area (Å²) in [6.07, 6.45) is 4.19. The zero-order chi connectivity index (χ0) is 109. The van der Waals surface area contributed by atoms with Gasteiger partial charge in [-0.15, -0.1) is 0 Å². The van der Waals surface area contributed by atoms with Gasteiger partial charge in [-0.25, -0.2) is 4.79 Å². The largest absolute Gasteiger partial charge is 0.665 e. The van der Waals surface area contributed by atoms with Crippen molar-refractivity contribution in [1.29, 1.82) is 0 Å². The number of hydrogen-bond donors (Lipinski definition) is 2. The molecule has 2 N–H and O–H groups in total. The van der Waals surface area contributed by atoms with Crippen molar-refractivity contribution >= 4 is 96.5 Å². The number of ketones is 8. The van der Waals surface area contributed by atoms with Crippen molar-refractivity contribution in [2.45, 2.75) is 269 Å². The van der Waals surface area contributed by atoms with Crippen LogP contribution in [0.3, 0.4) is 0 Å². The van der Waals surface area contributed by atoms with Gasteiger partial charge in [0.15, 0.2) is 46.3 Å². The third kappa shape index (κ3) is 42.6. The lowest BCUT2D eigenvalue weighted by Crippen LogP contribution is -2.84. The zero-order valence-corrected chi connectivity index (χ0v) is 95.7. The van der Waals surface area contributed by atoms with E-state index in [2.05, 4.69) is 108 Å². The van der Waals surface area contributed by atoms with Gasteiger partial charge in [0, 0.05) is 57.7 Å². The molecule has 0 aromatic heterocycles. The summed E-state index contributed by atoms with van der Waals surface area (Å²) >= 11 is 0. The van der Waals surface area contributed by atoms with Gasteiger partial charge in [-0.1, -0.05) is 193 Å². The molecule has 26 nitrogen and oxygen atoms in total. The first-order chi connectivity index (χ1) is 67.9. The lowest BCUT2D eigenvalue weighted by Gasteiger charge is -2.55. The molecule has 2 saturated heterocycles. The van der Waals surface area contributed by atoms with Crippen LogP contribution in [0.2, 0.25) is 25.2 Å². The molecule has 9 aromatic rings. The molecule has 2 aliphatic heterocycles. The maximum Gasteiger partial charge on any atom is 0.665 e. The molecule has 0 amide bonds. The average Bonchev–Trinajstić information content (AvgIpc) is 0.708. The van der Waals surface area contributed by atoms with E-state index in [0.29, 0.717) is 119 Å². The molecule has 0 spiro atoms. The smallest absolute Gasteiger partial charge is 0.508 e. The number of Topliss-reactive ketones (excluding diaryl/α,β-unsaturated/α-hetero) is 8. The van der Waals surface area contributed by atoms with E-state index in [1.807, 2.05) is 110 Å². The number of phenolic OH excluding ortho intramolecular Hbond substituents is 1. The average molecular weight is 2090 g/mol. The fourth-order valence-electron chi connectivity index (χ4n) is 14.3. The standard InChI is InChI=1S/C35H56O12Si4.C27H38O5Si.C22H24O3.C12H16O2.C11H12O2.C8H8O2/c1-32(2,3)28-19-15-26(16-20-28)30(36)25-31(37)27-17-21-29(22-18-27)39-23-14-24-48(13)43-50(41-34(7,8)9)45-49(38,40-33(4,5)6)46-51(44-48,47-50)42-35(10,11)12;1-7-31-33(6,32-8-2)19-9-18-30-24-16-12-22(13-17-24)26(29)20-25(28)21-10-14-23(15-11-21)27(3,4)5;1-5-14-25-19-12-8-17(9-13-19)21(24)15-20(23)16-6-10-18(11-7-16)22(2,3)4;1-12(2,3)10-7-5-9(6-8-10)11(13)14-4;1-3-8-13-11-6-4-10(5-7-11)9(2)12;1-6(9)7-2-4-8(10)5-3-7/h15-22,38H,14,23-25H2,1-13H3;10-17H,7-9,18-20H2,1-6H3;5-13H,1,14-15H2,2-4H3;5-8H,1-4H3;3-7H,1,8H2,2H3;2-5,10H,1H3. The predicted molar refractivity (Wildman–Crippen MR) is 581 cm³/mol. The fourth-order valence-corrected chi connectivity index (χ4v) is 34.2. The maximum atomic E-state index is 12.9. The highest BCUT2D eigenvalue weighted by Gasteiger charge is 2.81. The Morgan fingerprint density at radius 2 is 0.603 bits per heavy atom. The minimum Gasteiger partial charge on any atom is -0.508 e. The Hall–Kier alpha value is -11.1. The van der Waals surface area contributed by atoms with E-state index in [1.54, 1.807) is 198 Å². The number of phenols is 1. The second-order valence-electron chi connectivity index (χ2n) is 42.5. The van der Waals surface area contributed by atoms with Gasteiger partial charge in [0.2, 0.25) is 0 Å². The van der Waals surface area contributed by atoms with E-state index in [0.717, 1.165) is 34.9 Å². The number of benzene rings is 9. The number of esters is 1. The highest BCUT2D eigenvalue weighted by molar-refractivity contribution is 6.93. The van der Waals surface area contributed by atoms with Crippen LogP contribution in [0, 0.1) is 0 Å². The van der Waals surface area contributed by atoms with Crippen LogP contribution in [0.25, 0.3) is 0 Å². The maximum absolute atomic E-state index is 12.9. The number of rotatable bonds is 38. The summed E-state index contributed by atoms with van der Waals surface area (Å²) < 4.78 is 89.2. The third-order valence-corrected chi connectivity index (χ3v) is 40.3. The monoisotopic (exact) mass is 2090 g/mol. The Balaban J connectivity index is 0.000000294. The molecule has 0 radical (unpaired) electrons. The van der Waals surface area contributed by atoms with Crippen LogP contribution in [0.4, 0.5) is 0 Å². The molecule has 146 heavy (non-hydrogen) atoms. The molecule has 2 bridgehead atoms. The van der Waals surface area contributed by atoms with E-state index in [4.69, 9.17) is 66.8 Å². The van der Waals surface area contributed by atoms with Crippen molar-refractivity contribution in [2.75, 3.05) is 46.8 Å². The van der Waals surface area contributed by atoms with E-state index in [-0.39, 0.29) is 98.9 Å². The summed E-state index contributed by atoms with van der Waals surface area (Å²) in [5.74, 6) is 1.46. The molecule has 0 saturated carbocycles. The summed E-state index contributed by atoms with van der Waals surface area (Å²) in [7, 11) is -16.7. The molecule has 31 heteroatoms. The predicted octanol–water partition coefficient (Wildman–Crippen LogP) is 25.3. The lowest BCUT2D eigenvalue weighted by atomic mass is 9.86. The summed E-state index contributed by atoms with van der Waals surface area (Å²) in [5.41, 5.74) is 7.41. The SMILES string of the molecule is C=CCOc1ccc(C(=O)CC(=O)c2ccc(C(C)(C)C)cc2)cc1.C=CCOc1ccc(C(C)=O)cc1.CC(=O)c1ccc(O)cc1.CC(C)(C)O[Si]1(O)O[Si]2(OC(C)(C)C)O[Si](C)(CCCOc3ccc(C(=O)CC(=O)c4ccc(C(C)(C)C)cc4)cc3)O[Si](OC(C)(C)C)(O1)O2.CCO[Si](C)(CCCOc1ccc(C(=O)CC(=O)c2ccc(C(C)(C)C)cc2)cc1)OCC.COC(=O)c1ccc(C(C)(C)C)cc1. The van der Waals surface area contributed by atoms with Crippen molar-refractivity contribution < 1.29 is 119 Å². The van der Waals surface area contributed by atoms with Gasteiger partial charge in [-0.05, 0) is 305 Å². The van der Waals surface area contributed by atoms with Crippen LogP contribution >= 0.6 is 0 Å². The molecule has 2 heterocycles. The van der Waals surface area contributed by atoms with Gasteiger partial charge >= 0.3 is 50.2 Å². The number of ether oxygens (including phenoxy) is 5. The summed E-state index contributed by atoms with van der Waals surface area (Å²) in [6, 6.07) is 65.0. The fraction of sp³-hybridized carbons (Fsp3) is 0.417. The second kappa shape index (κ2) is 54.7. The highest BCUT2D eigenvalue weighted by atomic mass is 28.6.